The van der Waals surface area contributed by atoms with Crippen LogP contribution in [-0.4, -0.2) is 60.1 Å². The number of benzene rings is 2. The summed E-state index contributed by atoms with van der Waals surface area (Å²) < 4.78 is 22.3. The van der Waals surface area contributed by atoms with E-state index in [1.54, 1.807) is 30.3 Å². The number of fused-ring (bicyclic) bond motifs is 1. The van der Waals surface area contributed by atoms with Gasteiger partial charge in [-0.1, -0.05) is 24.3 Å². The smallest absolute Gasteiger partial charge is 0.407 e. The summed E-state index contributed by atoms with van der Waals surface area (Å²) in [5.41, 5.74) is 0.348. The van der Waals surface area contributed by atoms with Gasteiger partial charge in [-0.15, -0.1) is 0 Å². The monoisotopic (exact) mass is 590 g/mol. The number of pyridine rings is 1. The number of amides is 1. The molecule has 11 heteroatoms. The van der Waals surface area contributed by atoms with Crippen molar-refractivity contribution in [1.82, 2.24) is 19.0 Å². The number of rotatable bonds is 7. The molecule has 4 aromatic rings. The standard InChI is InChI=1S/C32H35FN4O6/c1-32(2,3)37(31(41)42)24-11-9-23(10-12-24)36-29(39)27-18-22(33)19-34-28(27)35(30(36)40)25-6-4-5-21(17-25)20-7-13-26(14-8-20)43-16-15-38/h4-8,13-14,17-19,23-24,38H,9-12,15-16H2,1-3H3,(H,41,42)/t23-,24+. The lowest BCUT2D eigenvalue weighted by atomic mass is 9.88. The minimum Gasteiger partial charge on any atom is -0.491 e. The predicted octanol–water partition coefficient (Wildman–Crippen LogP) is 4.99. The lowest BCUT2D eigenvalue weighted by molar-refractivity contribution is 0.0506. The van der Waals surface area contributed by atoms with E-state index in [1.165, 1.54) is 14.0 Å². The number of halogens is 1. The van der Waals surface area contributed by atoms with Crippen LogP contribution < -0.4 is 16.0 Å². The van der Waals surface area contributed by atoms with Gasteiger partial charge in [-0.05, 0) is 87.9 Å². The van der Waals surface area contributed by atoms with Crippen LogP contribution in [0.2, 0.25) is 0 Å². The van der Waals surface area contributed by atoms with Crippen LogP contribution >= 0.6 is 0 Å². The average Bonchev–Trinajstić information content (AvgIpc) is 2.97. The van der Waals surface area contributed by atoms with Crippen LogP contribution in [0, 0.1) is 5.82 Å². The van der Waals surface area contributed by atoms with E-state index in [1.807, 2.05) is 39.0 Å². The molecule has 2 aromatic carbocycles. The van der Waals surface area contributed by atoms with Gasteiger partial charge in [-0.25, -0.2) is 23.5 Å². The highest BCUT2D eigenvalue weighted by Gasteiger charge is 2.37. The van der Waals surface area contributed by atoms with Gasteiger partial charge < -0.3 is 19.8 Å². The second kappa shape index (κ2) is 12.0. The Labute approximate surface area is 247 Å². The van der Waals surface area contributed by atoms with Gasteiger partial charge in [0.15, 0.2) is 5.65 Å². The van der Waals surface area contributed by atoms with Gasteiger partial charge in [-0.3, -0.25) is 9.36 Å². The summed E-state index contributed by atoms with van der Waals surface area (Å²) in [4.78, 5) is 45.4. The first kappa shape index (κ1) is 30.0. The molecular weight excluding hydrogens is 555 g/mol. The number of carbonyl (C=O) groups is 1. The highest BCUT2D eigenvalue weighted by Crippen LogP contribution is 2.33. The van der Waals surface area contributed by atoms with Crippen LogP contribution in [0.4, 0.5) is 9.18 Å². The van der Waals surface area contributed by atoms with Crippen molar-refractivity contribution in [2.24, 2.45) is 0 Å². The quantitative estimate of drug-likeness (QED) is 0.311. The number of aromatic nitrogens is 3. The maximum Gasteiger partial charge on any atom is 0.407 e. The molecule has 0 spiro atoms. The predicted molar refractivity (Wildman–Crippen MR) is 160 cm³/mol. The number of aliphatic hydroxyl groups is 1. The molecule has 1 aliphatic carbocycles. The summed E-state index contributed by atoms with van der Waals surface area (Å²) >= 11 is 0. The fourth-order valence-electron chi connectivity index (χ4n) is 6.03. The Morgan fingerprint density at radius 1 is 1.05 bits per heavy atom. The molecule has 1 fully saturated rings. The van der Waals surface area contributed by atoms with Crippen molar-refractivity contribution in [3.8, 4) is 22.6 Å². The SMILES string of the molecule is CC(C)(C)N(C(=O)O)[C@H]1CC[C@@H](n2c(=O)c3cc(F)cnc3n(-c3cccc(-c4ccc(OCCO)cc4)c3)c2=O)CC1. The van der Waals surface area contributed by atoms with Crippen LogP contribution in [0.25, 0.3) is 27.8 Å². The Morgan fingerprint density at radius 2 is 1.74 bits per heavy atom. The van der Waals surface area contributed by atoms with Gasteiger partial charge in [0.25, 0.3) is 5.56 Å². The molecule has 0 saturated heterocycles. The highest BCUT2D eigenvalue weighted by atomic mass is 19.1. The zero-order valence-electron chi connectivity index (χ0n) is 24.4. The number of hydrogen-bond donors (Lipinski definition) is 2. The maximum absolute atomic E-state index is 14.4. The second-order valence-corrected chi connectivity index (χ2v) is 11.8. The van der Waals surface area contributed by atoms with Crippen molar-refractivity contribution >= 4 is 17.1 Å². The third kappa shape index (κ3) is 6.03. The fourth-order valence-corrected chi connectivity index (χ4v) is 6.03. The summed E-state index contributed by atoms with van der Waals surface area (Å²) in [5, 5.41) is 18.8. The summed E-state index contributed by atoms with van der Waals surface area (Å²) in [6, 6.07) is 14.9. The van der Waals surface area contributed by atoms with E-state index in [9.17, 15) is 23.9 Å². The molecule has 0 aliphatic heterocycles. The van der Waals surface area contributed by atoms with Gasteiger partial charge in [0, 0.05) is 17.6 Å². The minimum atomic E-state index is -1.00. The Hall–Kier alpha value is -4.51. The lowest BCUT2D eigenvalue weighted by Crippen LogP contribution is -2.53. The fraction of sp³-hybridized carbons (Fsp3) is 0.375. The third-order valence-electron chi connectivity index (χ3n) is 7.87. The molecule has 1 saturated carbocycles. The van der Waals surface area contributed by atoms with Crippen LogP contribution in [-0.2, 0) is 0 Å². The van der Waals surface area contributed by atoms with E-state index >= 15 is 0 Å². The Bertz CT molecular complexity index is 1750. The molecule has 0 unspecified atom stereocenters. The number of hydrogen-bond acceptors (Lipinski definition) is 6. The molecule has 5 rings (SSSR count). The molecule has 0 bridgehead atoms. The normalized spacial score (nSPS) is 17.1. The van der Waals surface area contributed by atoms with Crippen molar-refractivity contribution in [2.45, 2.75) is 64.1 Å². The van der Waals surface area contributed by atoms with E-state index in [0.29, 0.717) is 37.1 Å². The molecule has 0 atom stereocenters. The molecule has 226 valence electrons. The minimum absolute atomic E-state index is 0.0145. The molecule has 43 heavy (non-hydrogen) atoms. The molecule has 1 amide bonds. The molecule has 2 aromatic heterocycles. The van der Waals surface area contributed by atoms with E-state index in [2.05, 4.69) is 4.98 Å². The van der Waals surface area contributed by atoms with E-state index < -0.39 is 34.7 Å². The van der Waals surface area contributed by atoms with Gasteiger partial charge in [-0.2, -0.15) is 0 Å². The number of aliphatic hydroxyl groups excluding tert-OH is 1. The van der Waals surface area contributed by atoms with E-state index in [0.717, 1.165) is 23.4 Å². The molecule has 0 radical (unpaired) electrons. The van der Waals surface area contributed by atoms with Gasteiger partial charge in [0.05, 0.1) is 23.9 Å². The zero-order chi connectivity index (χ0) is 30.9. The average molecular weight is 591 g/mol. The number of carboxylic acid groups (broad SMARTS) is 1. The number of ether oxygens (including phenoxy) is 1. The van der Waals surface area contributed by atoms with Crippen LogP contribution in [0.5, 0.6) is 5.75 Å². The van der Waals surface area contributed by atoms with E-state index in [-0.39, 0.29) is 30.3 Å². The van der Waals surface area contributed by atoms with Crippen molar-refractivity contribution < 1.29 is 24.1 Å². The summed E-state index contributed by atoms with van der Waals surface area (Å²) in [7, 11) is 0. The summed E-state index contributed by atoms with van der Waals surface area (Å²) in [6.07, 6.45) is 1.77. The van der Waals surface area contributed by atoms with Crippen molar-refractivity contribution in [2.75, 3.05) is 13.2 Å². The summed E-state index contributed by atoms with van der Waals surface area (Å²) in [5.74, 6) is -0.0808. The maximum atomic E-state index is 14.4. The van der Waals surface area contributed by atoms with Crippen LogP contribution in [0.15, 0.2) is 70.4 Å². The first-order valence-corrected chi connectivity index (χ1v) is 14.3. The topological polar surface area (TPSA) is 127 Å². The van der Waals surface area contributed by atoms with Crippen LogP contribution in [0.1, 0.15) is 52.5 Å². The molecule has 1 aliphatic rings. The van der Waals surface area contributed by atoms with Crippen LogP contribution in [0.3, 0.4) is 0 Å². The Balaban J connectivity index is 1.56. The number of nitrogens with zero attached hydrogens (tertiary/aromatic N) is 4. The molecule has 10 nitrogen and oxygen atoms in total. The first-order valence-electron chi connectivity index (χ1n) is 14.3. The highest BCUT2D eigenvalue weighted by molar-refractivity contribution is 5.76. The van der Waals surface area contributed by atoms with Gasteiger partial charge in [0.2, 0.25) is 0 Å². The van der Waals surface area contributed by atoms with Crippen molar-refractivity contribution in [1.29, 1.82) is 0 Å². The van der Waals surface area contributed by atoms with E-state index in [4.69, 9.17) is 9.84 Å². The van der Waals surface area contributed by atoms with Crippen molar-refractivity contribution in [3.05, 3.63) is 87.4 Å². The first-order chi connectivity index (χ1) is 20.5. The molecular formula is C32H35FN4O6. The van der Waals surface area contributed by atoms with Crippen molar-refractivity contribution in [3.63, 3.8) is 0 Å². The largest absolute Gasteiger partial charge is 0.491 e. The lowest BCUT2D eigenvalue weighted by Gasteiger charge is -2.42. The zero-order valence-corrected chi connectivity index (χ0v) is 24.4. The van der Waals surface area contributed by atoms with Gasteiger partial charge in [0.1, 0.15) is 18.2 Å². The third-order valence-corrected chi connectivity index (χ3v) is 7.87. The Kier molecular flexibility index (Phi) is 8.36. The molecule has 2 N–H and O–H groups in total. The summed E-state index contributed by atoms with van der Waals surface area (Å²) in [6.45, 7) is 5.62. The Morgan fingerprint density at radius 3 is 2.37 bits per heavy atom. The molecule has 2 heterocycles. The van der Waals surface area contributed by atoms with Gasteiger partial charge >= 0.3 is 11.8 Å². The second-order valence-electron chi connectivity index (χ2n) is 11.8.